The van der Waals surface area contributed by atoms with Gasteiger partial charge in [0.15, 0.2) is 0 Å². The van der Waals surface area contributed by atoms with E-state index in [2.05, 4.69) is 0 Å². The van der Waals surface area contributed by atoms with Crippen LogP contribution in [0.15, 0.2) is 0 Å². The molecule has 1 aliphatic rings. The number of carbonyl (C=O) groups excluding carboxylic acids is 2. The van der Waals surface area contributed by atoms with Crippen molar-refractivity contribution in [1.82, 2.24) is 4.90 Å². The molecule has 0 aromatic rings. The summed E-state index contributed by atoms with van der Waals surface area (Å²) in [7, 11) is 0. The number of carbonyl (C=O) groups is 2. The summed E-state index contributed by atoms with van der Waals surface area (Å²) in [5.41, 5.74) is 0. The van der Waals surface area contributed by atoms with Crippen molar-refractivity contribution in [3.63, 3.8) is 0 Å². The van der Waals surface area contributed by atoms with Gasteiger partial charge in [0, 0.05) is 13.0 Å². The molecule has 0 N–H and O–H groups in total. The highest BCUT2D eigenvalue weighted by Gasteiger charge is 2.25. The lowest BCUT2D eigenvalue weighted by molar-refractivity contribution is -0.124. The fraction of sp³-hybridized carbons (Fsp3) is 0.571. The zero-order chi connectivity index (χ0) is 9.14. The van der Waals surface area contributed by atoms with Crippen LogP contribution in [0.3, 0.4) is 0 Å². The Morgan fingerprint density at radius 2 is 2.42 bits per heavy atom. The van der Waals surface area contributed by atoms with E-state index >= 15 is 0 Å². The lowest BCUT2D eigenvalue weighted by Crippen LogP contribution is -2.30. The van der Waals surface area contributed by atoms with E-state index in [-0.39, 0.29) is 11.7 Å². The molecular formula is C7H9NO2S2. The fourth-order valence-electron chi connectivity index (χ4n) is 0.866. The Kier molecular flexibility index (Phi) is 3.22. The minimum absolute atomic E-state index is 0.0197. The largest absolute Gasteiger partial charge is 0.300 e. The van der Waals surface area contributed by atoms with Crippen LogP contribution in [0.1, 0.15) is 13.3 Å². The first-order valence-electron chi connectivity index (χ1n) is 3.58. The topological polar surface area (TPSA) is 37.4 Å². The van der Waals surface area contributed by atoms with Crippen LogP contribution >= 0.6 is 24.0 Å². The Morgan fingerprint density at radius 1 is 1.75 bits per heavy atom. The van der Waals surface area contributed by atoms with Crippen LogP contribution in [0, 0.1) is 0 Å². The van der Waals surface area contributed by atoms with Crippen molar-refractivity contribution in [2.75, 3.05) is 12.3 Å². The van der Waals surface area contributed by atoms with Crippen LogP contribution in [0.5, 0.6) is 0 Å². The molecule has 0 bridgehead atoms. The minimum Gasteiger partial charge on any atom is -0.300 e. The smallest absolute Gasteiger partial charge is 0.238 e. The Bertz CT molecular complexity index is 224. The molecule has 0 aromatic heterocycles. The number of thioether (sulfide) groups is 1. The molecule has 0 unspecified atom stereocenters. The maximum Gasteiger partial charge on any atom is 0.238 e. The van der Waals surface area contributed by atoms with Crippen LogP contribution < -0.4 is 0 Å². The molecule has 1 aliphatic heterocycles. The van der Waals surface area contributed by atoms with Crippen LogP contribution in [-0.4, -0.2) is 33.2 Å². The maximum atomic E-state index is 11.1. The second-order valence-corrected chi connectivity index (χ2v) is 4.16. The number of hydrogen-bond donors (Lipinski definition) is 0. The van der Waals surface area contributed by atoms with Crippen LogP contribution in [0.25, 0.3) is 0 Å². The van der Waals surface area contributed by atoms with E-state index in [1.165, 1.54) is 23.6 Å². The molecule has 1 saturated heterocycles. The van der Waals surface area contributed by atoms with Gasteiger partial charge in [0.25, 0.3) is 0 Å². The van der Waals surface area contributed by atoms with Crippen molar-refractivity contribution in [2.45, 2.75) is 13.3 Å². The molecular weight excluding hydrogens is 194 g/mol. The summed E-state index contributed by atoms with van der Waals surface area (Å²) in [5, 5.41) is 0. The monoisotopic (exact) mass is 203 g/mol. The highest BCUT2D eigenvalue weighted by atomic mass is 32.2. The SMILES string of the molecule is CC(=O)CCN1C(=O)CSC1=S. The average molecular weight is 203 g/mol. The molecule has 1 rings (SSSR count). The Labute approximate surface area is 80.5 Å². The molecule has 66 valence electrons. The average Bonchev–Trinajstić information content (AvgIpc) is 2.28. The molecule has 12 heavy (non-hydrogen) atoms. The number of rotatable bonds is 3. The van der Waals surface area contributed by atoms with Crippen LogP contribution in [0.4, 0.5) is 0 Å². The highest BCUT2D eigenvalue weighted by Crippen LogP contribution is 2.19. The summed E-state index contributed by atoms with van der Waals surface area (Å²) in [6, 6.07) is 0. The molecule has 0 aliphatic carbocycles. The number of ketones is 1. The van der Waals surface area contributed by atoms with Gasteiger partial charge in [-0.2, -0.15) is 0 Å². The van der Waals surface area contributed by atoms with Gasteiger partial charge >= 0.3 is 0 Å². The van der Waals surface area contributed by atoms with Gasteiger partial charge in [-0.3, -0.25) is 14.5 Å². The van der Waals surface area contributed by atoms with Gasteiger partial charge in [-0.1, -0.05) is 24.0 Å². The van der Waals surface area contributed by atoms with E-state index in [0.717, 1.165) is 0 Å². The first-order valence-corrected chi connectivity index (χ1v) is 4.97. The molecule has 1 amide bonds. The van der Waals surface area contributed by atoms with Gasteiger partial charge in [0.05, 0.1) is 5.75 Å². The van der Waals surface area contributed by atoms with Crippen molar-refractivity contribution in [3.8, 4) is 0 Å². The maximum absolute atomic E-state index is 11.1. The normalized spacial score (nSPS) is 17.2. The molecule has 3 nitrogen and oxygen atoms in total. The highest BCUT2D eigenvalue weighted by molar-refractivity contribution is 8.23. The van der Waals surface area contributed by atoms with Gasteiger partial charge in [0.2, 0.25) is 5.91 Å². The van der Waals surface area contributed by atoms with E-state index in [0.29, 0.717) is 23.0 Å². The number of thiocarbonyl (C=S) groups is 1. The van der Waals surface area contributed by atoms with Gasteiger partial charge in [-0.15, -0.1) is 0 Å². The Hall–Kier alpha value is -0.420. The van der Waals surface area contributed by atoms with Crippen molar-refractivity contribution < 1.29 is 9.59 Å². The molecule has 5 heteroatoms. The van der Waals surface area contributed by atoms with E-state index in [4.69, 9.17) is 12.2 Å². The summed E-state index contributed by atoms with van der Waals surface area (Å²) in [6.07, 6.45) is 0.395. The number of amides is 1. The zero-order valence-corrected chi connectivity index (χ0v) is 8.33. The zero-order valence-electron chi connectivity index (χ0n) is 6.70. The van der Waals surface area contributed by atoms with Gasteiger partial charge in [-0.25, -0.2) is 0 Å². The van der Waals surface area contributed by atoms with Gasteiger partial charge < -0.3 is 0 Å². The lowest BCUT2D eigenvalue weighted by atomic mass is 10.3. The van der Waals surface area contributed by atoms with Crippen molar-refractivity contribution in [3.05, 3.63) is 0 Å². The third-order valence-corrected chi connectivity index (χ3v) is 2.96. The summed E-state index contributed by atoms with van der Waals surface area (Å²) in [4.78, 5) is 23.2. The summed E-state index contributed by atoms with van der Waals surface area (Å²) in [6.45, 7) is 1.96. The molecule has 0 spiro atoms. The van der Waals surface area contributed by atoms with Gasteiger partial charge in [0.1, 0.15) is 10.1 Å². The van der Waals surface area contributed by atoms with Crippen LogP contribution in [0.2, 0.25) is 0 Å². The molecule has 0 aromatic carbocycles. The standard InChI is InChI=1S/C7H9NO2S2/c1-5(9)2-3-8-6(10)4-12-7(8)11/h2-4H2,1H3. The second kappa shape index (κ2) is 4.00. The summed E-state index contributed by atoms with van der Waals surface area (Å²) < 4.78 is 0.598. The Morgan fingerprint density at radius 3 is 2.83 bits per heavy atom. The third kappa shape index (κ3) is 2.28. The number of hydrogen-bond acceptors (Lipinski definition) is 4. The second-order valence-electron chi connectivity index (χ2n) is 2.55. The number of nitrogens with zero attached hydrogens (tertiary/aromatic N) is 1. The minimum atomic E-state index is 0.0197. The van der Waals surface area contributed by atoms with Crippen LogP contribution in [-0.2, 0) is 9.59 Å². The molecule has 0 radical (unpaired) electrons. The van der Waals surface area contributed by atoms with Gasteiger partial charge in [-0.05, 0) is 6.92 Å². The molecule has 1 heterocycles. The van der Waals surface area contributed by atoms with E-state index in [1.807, 2.05) is 0 Å². The number of Topliss-reactive ketones (excluding diaryl/α,β-unsaturated/α-hetero) is 1. The lowest BCUT2D eigenvalue weighted by Gasteiger charge is -2.12. The van der Waals surface area contributed by atoms with Crippen molar-refractivity contribution in [1.29, 1.82) is 0 Å². The summed E-state index contributed by atoms with van der Waals surface area (Å²) >= 11 is 6.29. The molecule has 0 saturated carbocycles. The van der Waals surface area contributed by atoms with Crippen molar-refractivity contribution in [2.24, 2.45) is 0 Å². The fourth-order valence-corrected chi connectivity index (χ4v) is 1.99. The van der Waals surface area contributed by atoms with E-state index in [1.54, 1.807) is 0 Å². The predicted octanol–water partition coefficient (Wildman–Crippen LogP) is 0.826. The van der Waals surface area contributed by atoms with Crippen molar-refractivity contribution >= 4 is 40.0 Å². The summed E-state index contributed by atoms with van der Waals surface area (Å²) in [5.74, 6) is 0.533. The molecule has 0 atom stereocenters. The first-order chi connectivity index (χ1) is 5.61. The predicted molar refractivity (Wildman–Crippen MR) is 52.1 cm³/mol. The van der Waals surface area contributed by atoms with E-state index < -0.39 is 0 Å². The Balaban J connectivity index is 2.45. The quantitative estimate of drug-likeness (QED) is 0.637. The first kappa shape index (κ1) is 9.67. The molecule has 1 fully saturated rings. The third-order valence-electron chi connectivity index (χ3n) is 1.53. The van der Waals surface area contributed by atoms with E-state index in [9.17, 15) is 9.59 Å².